The van der Waals surface area contributed by atoms with Crippen LogP contribution in [0.5, 0.6) is 0 Å². The molecule has 0 aromatic heterocycles. The predicted octanol–water partition coefficient (Wildman–Crippen LogP) is 11.9. The molecule has 280 valence electrons. The first-order valence-electron chi connectivity index (χ1n) is 19.7. The highest BCUT2D eigenvalue weighted by Crippen LogP contribution is 2.42. The minimum absolute atomic E-state index is 0.217. The SMILES string of the molecule is CCCCCCCCCCCCCCCCCCC(=O)OC(COC(=O)CCCCCCCCCCCCCC)COP(=O)(O)OC. The molecule has 0 aromatic carbocycles. The molecular formula is C38H75O8P. The molecule has 2 unspecified atom stereocenters. The van der Waals surface area contributed by atoms with Gasteiger partial charge in [-0.2, -0.15) is 0 Å². The zero-order valence-electron chi connectivity index (χ0n) is 31.0. The van der Waals surface area contributed by atoms with Crippen LogP contribution in [-0.4, -0.2) is 43.3 Å². The second-order valence-corrected chi connectivity index (χ2v) is 15.0. The summed E-state index contributed by atoms with van der Waals surface area (Å²) in [7, 11) is -3.18. The Balaban J connectivity index is 3.99. The summed E-state index contributed by atoms with van der Waals surface area (Å²) in [5.41, 5.74) is 0. The normalized spacial score (nSPS) is 13.4. The molecule has 0 aliphatic rings. The molecule has 0 aliphatic carbocycles. The van der Waals surface area contributed by atoms with Crippen molar-refractivity contribution in [2.45, 2.75) is 213 Å². The number of esters is 2. The highest BCUT2D eigenvalue weighted by Gasteiger charge is 2.24. The van der Waals surface area contributed by atoms with Crippen molar-refractivity contribution < 1.29 is 37.6 Å². The van der Waals surface area contributed by atoms with E-state index in [1.165, 1.54) is 141 Å². The van der Waals surface area contributed by atoms with E-state index in [0.29, 0.717) is 6.42 Å². The van der Waals surface area contributed by atoms with E-state index < -0.39 is 26.5 Å². The molecule has 0 bridgehead atoms. The lowest BCUT2D eigenvalue weighted by molar-refractivity contribution is -0.161. The van der Waals surface area contributed by atoms with Crippen molar-refractivity contribution in [3.63, 3.8) is 0 Å². The van der Waals surface area contributed by atoms with Crippen molar-refractivity contribution >= 4 is 19.8 Å². The van der Waals surface area contributed by atoms with Gasteiger partial charge in [-0.05, 0) is 12.8 Å². The Hall–Kier alpha value is -0.950. The Kier molecular flexibility index (Phi) is 34.2. The van der Waals surface area contributed by atoms with E-state index in [4.69, 9.17) is 14.0 Å². The van der Waals surface area contributed by atoms with E-state index >= 15 is 0 Å². The van der Waals surface area contributed by atoms with Gasteiger partial charge in [-0.15, -0.1) is 0 Å². The molecule has 1 N–H and O–H groups in total. The third kappa shape index (κ3) is 34.7. The van der Waals surface area contributed by atoms with Gasteiger partial charge in [-0.25, -0.2) is 4.57 Å². The van der Waals surface area contributed by atoms with Crippen LogP contribution in [0.2, 0.25) is 0 Å². The van der Waals surface area contributed by atoms with Crippen molar-refractivity contribution in [1.82, 2.24) is 0 Å². The topological polar surface area (TPSA) is 108 Å². The molecule has 9 heteroatoms. The van der Waals surface area contributed by atoms with E-state index in [1.54, 1.807) is 0 Å². The van der Waals surface area contributed by atoms with Gasteiger partial charge in [0.2, 0.25) is 0 Å². The van der Waals surface area contributed by atoms with Gasteiger partial charge in [0, 0.05) is 20.0 Å². The molecule has 0 saturated heterocycles. The summed E-state index contributed by atoms with van der Waals surface area (Å²) in [6, 6.07) is 0. The maximum absolute atomic E-state index is 12.5. The molecule has 0 aromatic rings. The minimum Gasteiger partial charge on any atom is -0.462 e. The summed E-state index contributed by atoms with van der Waals surface area (Å²) in [6.45, 7) is 3.90. The van der Waals surface area contributed by atoms with Crippen LogP contribution >= 0.6 is 7.82 Å². The fraction of sp³-hybridized carbons (Fsp3) is 0.947. The first kappa shape index (κ1) is 46.0. The molecule has 2 atom stereocenters. The number of ether oxygens (including phenoxy) is 2. The second-order valence-electron chi connectivity index (χ2n) is 13.4. The maximum atomic E-state index is 12.5. The zero-order valence-corrected chi connectivity index (χ0v) is 31.9. The van der Waals surface area contributed by atoms with Crippen LogP contribution in [0.1, 0.15) is 206 Å². The van der Waals surface area contributed by atoms with Crippen LogP contribution in [0.15, 0.2) is 0 Å². The number of phosphoric ester groups is 1. The first-order chi connectivity index (χ1) is 22.8. The number of hydrogen-bond donors (Lipinski definition) is 1. The molecule has 0 fully saturated rings. The lowest BCUT2D eigenvalue weighted by Crippen LogP contribution is -2.29. The van der Waals surface area contributed by atoms with E-state index in [-0.39, 0.29) is 19.0 Å². The van der Waals surface area contributed by atoms with Gasteiger partial charge >= 0.3 is 19.8 Å². The molecule has 0 heterocycles. The van der Waals surface area contributed by atoms with Crippen LogP contribution < -0.4 is 0 Å². The molecule has 0 radical (unpaired) electrons. The zero-order chi connectivity index (χ0) is 34.7. The number of carbonyl (C=O) groups excluding carboxylic acids is 2. The van der Waals surface area contributed by atoms with E-state index in [9.17, 15) is 19.0 Å². The third-order valence-corrected chi connectivity index (χ3v) is 9.79. The van der Waals surface area contributed by atoms with Gasteiger partial charge in [0.15, 0.2) is 6.10 Å². The molecule has 0 rings (SSSR count). The number of carbonyl (C=O) groups is 2. The number of hydrogen-bond acceptors (Lipinski definition) is 7. The van der Waals surface area contributed by atoms with Gasteiger partial charge in [0.25, 0.3) is 0 Å². The van der Waals surface area contributed by atoms with Crippen LogP contribution in [0, 0.1) is 0 Å². The third-order valence-electron chi connectivity index (χ3n) is 8.85. The molecule has 0 amide bonds. The smallest absolute Gasteiger partial charge is 0.462 e. The Morgan fingerprint density at radius 3 is 1.17 bits per heavy atom. The summed E-state index contributed by atoms with van der Waals surface area (Å²) in [5, 5.41) is 0. The molecule has 8 nitrogen and oxygen atoms in total. The first-order valence-corrected chi connectivity index (χ1v) is 21.2. The fourth-order valence-electron chi connectivity index (χ4n) is 5.78. The van der Waals surface area contributed by atoms with Crippen LogP contribution in [-0.2, 0) is 32.7 Å². The van der Waals surface area contributed by atoms with Crippen molar-refractivity contribution in [2.24, 2.45) is 0 Å². The average Bonchev–Trinajstić information content (AvgIpc) is 3.06. The Morgan fingerprint density at radius 1 is 0.511 bits per heavy atom. The quantitative estimate of drug-likeness (QED) is 0.0390. The standard InChI is InChI=1S/C38H75O8P/c1-4-6-8-10-12-14-16-18-19-20-21-23-25-27-29-31-33-38(40)46-36(35-45-47(41,42)43-3)34-44-37(39)32-30-28-26-24-22-17-15-13-11-9-7-5-2/h36H,4-35H2,1-3H3,(H,41,42). The number of rotatable bonds is 37. The largest absolute Gasteiger partial charge is 0.472 e. The fourth-order valence-corrected chi connectivity index (χ4v) is 6.24. The summed E-state index contributed by atoms with van der Waals surface area (Å²) in [4.78, 5) is 34.3. The van der Waals surface area contributed by atoms with Crippen molar-refractivity contribution in [3.05, 3.63) is 0 Å². The Morgan fingerprint density at radius 2 is 0.830 bits per heavy atom. The molecule has 0 saturated carbocycles. The summed E-state index contributed by atoms with van der Waals surface area (Å²) in [6.07, 6.45) is 34.3. The van der Waals surface area contributed by atoms with Gasteiger partial charge in [0.1, 0.15) is 6.61 Å². The average molecular weight is 691 g/mol. The van der Waals surface area contributed by atoms with Crippen LogP contribution in [0.25, 0.3) is 0 Å². The molecular weight excluding hydrogens is 615 g/mol. The number of phosphoric acid groups is 1. The monoisotopic (exact) mass is 691 g/mol. The van der Waals surface area contributed by atoms with Crippen molar-refractivity contribution in [2.75, 3.05) is 20.3 Å². The van der Waals surface area contributed by atoms with Crippen molar-refractivity contribution in [1.29, 1.82) is 0 Å². The molecule has 0 spiro atoms. The highest BCUT2D eigenvalue weighted by molar-refractivity contribution is 7.47. The van der Waals surface area contributed by atoms with Crippen molar-refractivity contribution in [3.8, 4) is 0 Å². The summed E-state index contributed by atoms with van der Waals surface area (Å²) in [5.74, 6) is -0.791. The lowest BCUT2D eigenvalue weighted by Gasteiger charge is -2.19. The summed E-state index contributed by atoms with van der Waals surface area (Å²) >= 11 is 0. The Labute approximate surface area is 289 Å². The second kappa shape index (κ2) is 34.9. The molecule has 47 heavy (non-hydrogen) atoms. The Bertz CT molecular complexity index is 747. The molecule has 0 aliphatic heterocycles. The van der Waals surface area contributed by atoms with E-state index in [0.717, 1.165) is 45.6 Å². The van der Waals surface area contributed by atoms with Gasteiger partial charge in [-0.1, -0.05) is 181 Å². The van der Waals surface area contributed by atoms with Gasteiger partial charge in [-0.3, -0.25) is 18.6 Å². The van der Waals surface area contributed by atoms with Gasteiger partial charge in [0.05, 0.1) is 6.61 Å². The highest BCUT2D eigenvalue weighted by atomic mass is 31.2. The predicted molar refractivity (Wildman–Crippen MR) is 193 cm³/mol. The minimum atomic E-state index is -4.25. The maximum Gasteiger partial charge on any atom is 0.472 e. The summed E-state index contributed by atoms with van der Waals surface area (Å²) < 4.78 is 31.9. The van der Waals surface area contributed by atoms with Crippen LogP contribution in [0.4, 0.5) is 0 Å². The van der Waals surface area contributed by atoms with E-state index in [2.05, 4.69) is 18.4 Å². The number of unbranched alkanes of at least 4 members (excludes halogenated alkanes) is 26. The lowest BCUT2D eigenvalue weighted by atomic mass is 10.0. The van der Waals surface area contributed by atoms with Crippen LogP contribution in [0.3, 0.4) is 0 Å². The van der Waals surface area contributed by atoms with Gasteiger partial charge < -0.3 is 14.4 Å². The van der Waals surface area contributed by atoms with E-state index in [1.807, 2.05) is 0 Å².